The smallest absolute Gasteiger partial charge is 0.146 e. The van der Waals surface area contributed by atoms with Crippen molar-refractivity contribution in [2.75, 3.05) is 0 Å². The van der Waals surface area contributed by atoms with E-state index in [1.165, 1.54) is 18.2 Å². The Morgan fingerprint density at radius 1 is 1.11 bits per heavy atom. The minimum Gasteiger partial charge on any atom is -0.455 e. The molecule has 0 heterocycles. The van der Waals surface area contributed by atoms with Gasteiger partial charge in [-0.05, 0) is 30.3 Å². The molecule has 5 heteroatoms. The topological polar surface area (TPSA) is 9.23 Å². The summed E-state index contributed by atoms with van der Waals surface area (Å²) < 4.78 is 19.6. The predicted octanol–water partition coefficient (Wildman–Crippen LogP) is 5.93. The molecule has 0 N–H and O–H groups in total. The van der Waals surface area contributed by atoms with Crippen molar-refractivity contribution in [3.63, 3.8) is 0 Å². The van der Waals surface area contributed by atoms with Crippen molar-refractivity contribution in [2.24, 2.45) is 0 Å². The van der Waals surface area contributed by atoms with Crippen LogP contribution < -0.4 is 4.74 Å². The molecule has 0 unspecified atom stereocenters. The van der Waals surface area contributed by atoms with Gasteiger partial charge in [-0.1, -0.05) is 49.5 Å². The zero-order chi connectivity index (χ0) is 13.1. The first kappa shape index (κ1) is 13.8. The summed E-state index contributed by atoms with van der Waals surface area (Å²) in [6.07, 6.45) is 0. The molecule has 94 valence electrons. The van der Waals surface area contributed by atoms with Gasteiger partial charge in [-0.15, -0.1) is 0 Å². The average Bonchev–Trinajstić information content (AvgIpc) is 2.33. The molecule has 2 aromatic rings. The second-order valence-electron chi connectivity index (χ2n) is 3.56. The number of halogens is 4. The first-order chi connectivity index (χ1) is 8.60. The van der Waals surface area contributed by atoms with Crippen molar-refractivity contribution in [1.82, 2.24) is 0 Å². The van der Waals surface area contributed by atoms with Gasteiger partial charge in [-0.2, -0.15) is 0 Å². The van der Waals surface area contributed by atoms with Crippen LogP contribution in [0.4, 0.5) is 4.39 Å². The summed E-state index contributed by atoms with van der Waals surface area (Å²) in [7, 11) is 0. The van der Waals surface area contributed by atoms with Crippen molar-refractivity contribution in [3.05, 3.63) is 57.3 Å². The second kappa shape index (κ2) is 6.04. The fourth-order valence-corrected chi connectivity index (χ4v) is 2.42. The molecule has 0 aliphatic carbocycles. The number of rotatable bonds is 3. The molecule has 0 aliphatic rings. The first-order valence-electron chi connectivity index (χ1n) is 5.07. The first-order valence-corrected chi connectivity index (χ1v) is 7.36. The van der Waals surface area contributed by atoms with E-state index < -0.39 is 0 Å². The van der Waals surface area contributed by atoms with E-state index in [0.29, 0.717) is 16.8 Å². The molecule has 0 saturated carbocycles. The highest BCUT2D eigenvalue weighted by atomic mass is 79.9. The number of benzene rings is 2. The molecule has 18 heavy (non-hydrogen) atoms. The molecule has 0 aliphatic heterocycles. The molecule has 0 fully saturated rings. The van der Waals surface area contributed by atoms with Crippen LogP contribution in [0.3, 0.4) is 0 Å². The van der Waals surface area contributed by atoms with E-state index in [9.17, 15) is 4.39 Å². The van der Waals surface area contributed by atoms with Gasteiger partial charge in [0.2, 0.25) is 0 Å². The van der Waals surface area contributed by atoms with Crippen LogP contribution in [0.25, 0.3) is 0 Å². The molecule has 2 rings (SSSR count). The predicted molar refractivity (Wildman–Crippen MR) is 78.3 cm³/mol. The zero-order valence-corrected chi connectivity index (χ0v) is 13.0. The highest BCUT2D eigenvalue weighted by Crippen LogP contribution is 2.34. The summed E-state index contributed by atoms with van der Waals surface area (Å²) >= 11 is 12.7. The largest absolute Gasteiger partial charge is 0.455 e. The van der Waals surface area contributed by atoms with Crippen molar-refractivity contribution >= 4 is 43.5 Å². The summed E-state index contributed by atoms with van der Waals surface area (Å²) in [5.74, 6) is 0.718. The Bertz CT molecular complexity index is 575. The Kier molecular flexibility index (Phi) is 4.65. The normalized spacial score (nSPS) is 10.4. The van der Waals surface area contributed by atoms with Gasteiger partial charge in [0.05, 0.1) is 5.02 Å². The van der Waals surface area contributed by atoms with E-state index >= 15 is 0 Å². The molecule has 0 radical (unpaired) electrons. The van der Waals surface area contributed by atoms with Gasteiger partial charge in [-0.25, -0.2) is 4.39 Å². The van der Waals surface area contributed by atoms with Gasteiger partial charge in [-0.3, -0.25) is 0 Å². The molecule has 0 bridgehead atoms. The summed E-state index contributed by atoms with van der Waals surface area (Å²) in [4.78, 5) is 0. The third-order valence-electron chi connectivity index (χ3n) is 2.29. The van der Waals surface area contributed by atoms with Crippen LogP contribution >= 0.6 is 43.5 Å². The maximum Gasteiger partial charge on any atom is 0.146 e. The molecule has 0 atom stereocenters. The van der Waals surface area contributed by atoms with Crippen LogP contribution in [0.5, 0.6) is 11.5 Å². The summed E-state index contributed by atoms with van der Waals surface area (Å²) in [5.41, 5.74) is 0.985. The standard InChI is InChI=1S/C13H8Br2ClFO/c14-7-8-1-2-9(15)5-13(8)18-12-4-3-10(17)6-11(12)16/h1-6H,7H2. The van der Waals surface area contributed by atoms with E-state index in [0.717, 1.165) is 10.0 Å². The van der Waals surface area contributed by atoms with Crippen molar-refractivity contribution in [2.45, 2.75) is 5.33 Å². The van der Waals surface area contributed by atoms with Crippen molar-refractivity contribution in [3.8, 4) is 11.5 Å². The summed E-state index contributed by atoms with van der Waals surface area (Å²) in [6, 6.07) is 9.75. The molecule has 0 amide bonds. The van der Waals surface area contributed by atoms with Gasteiger partial charge < -0.3 is 4.74 Å². The SMILES string of the molecule is Fc1ccc(Oc2cc(Br)ccc2CBr)c(Cl)c1. The van der Waals surface area contributed by atoms with Crippen LogP contribution in [-0.2, 0) is 5.33 Å². The van der Waals surface area contributed by atoms with Gasteiger partial charge in [0.1, 0.15) is 17.3 Å². The maximum atomic E-state index is 12.9. The van der Waals surface area contributed by atoms with E-state index in [-0.39, 0.29) is 10.8 Å². The third-order valence-corrected chi connectivity index (χ3v) is 3.68. The Hall–Kier alpha value is -0.580. The quantitative estimate of drug-likeness (QED) is 0.587. The van der Waals surface area contributed by atoms with Crippen LogP contribution in [0.1, 0.15) is 5.56 Å². The molecule has 0 aromatic heterocycles. The Balaban J connectivity index is 2.36. The second-order valence-corrected chi connectivity index (χ2v) is 5.45. The number of alkyl halides is 1. The molecular formula is C13H8Br2ClFO. The lowest BCUT2D eigenvalue weighted by Gasteiger charge is -2.11. The van der Waals surface area contributed by atoms with E-state index in [4.69, 9.17) is 16.3 Å². The van der Waals surface area contributed by atoms with E-state index in [1.807, 2.05) is 18.2 Å². The van der Waals surface area contributed by atoms with Gasteiger partial charge in [0, 0.05) is 15.4 Å². The average molecular weight is 394 g/mol. The Morgan fingerprint density at radius 3 is 2.56 bits per heavy atom. The van der Waals surface area contributed by atoms with Gasteiger partial charge in [0.25, 0.3) is 0 Å². The fourth-order valence-electron chi connectivity index (χ4n) is 1.41. The van der Waals surface area contributed by atoms with Crippen molar-refractivity contribution < 1.29 is 9.13 Å². The van der Waals surface area contributed by atoms with Gasteiger partial charge in [0.15, 0.2) is 0 Å². The lowest BCUT2D eigenvalue weighted by atomic mass is 10.2. The molecule has 0 saturated heterocycles. The molecule has 1 nitrogen and oxygen atoms in total. The summed E-state index contributed by atoms with van der Waals surface area (Å²) in [6.45, 7) is 0. The molecule has 0 spiro atoms. The minimum atomic E-state index is -0.387. The summed E-state index contributed by atoms with van der Waals surface area (Å²) in [5, 5.41) is 0.907. The highest BCUT2D eigenvalue weighted by Gasteiger charge is 2.08. The third kappa shape index (κ3) is 3.25. The van der Waals surface area contributed by atoms with Crippen LogP contribution in [0.2, 0.25) is 5.02 Å². The van der Waals surface area contributed by atoms with Crippen LogP contribution in [-0.4, -0.2) is 0 Å². The zero-order valence-electron chi connectivity index (χ0n) is 9.09. The monoisotopic (exact) mass is 392 g/mol. The maximum absolute atomic E-state index is 12.9. The number of hydrogen-bond acceptors (Lipinski definition) is 1. The van der Waals surface area contributed by atoms with Gasteiger partial charge >= 0.3 is 0 Å². The van der Waals surface area contributed by atoms with E-state index in [2.05, 4.69) is 31.9 Å². The fraction of sp³-hybridized carbons (Fsp3) is 0.0769. The lowest BCUT2D eigenvalue weighted by molar-refractivity contribution is 0.476. The molecule has 2 aromatic carbocycles. The van der Waals surface area contributed by atoms with Crippen LogP contribution in [0, 0.1) is 5.82 Å². The highest BCUT2D eigenvalue weighted by molar-refractivity contribution is 9.10. The number of ether oxygens (including phenoxy) is 1. The van der Waals surface area contributed by atoms with Crippen molar-refractivity contribution in [1.29, 1.82) is 0 Å². The Morgan fingerprint density at radius 2 is 1.89 bits per heavy atom. The Labute approximate surface area is 126 Å². The lowest BCUT2D eigenvalue weighted by Crippen LogP contribution is -1.91. The van der Waals surface area contributed by atoms with Crippen LogP contribution in [0.15, 0.2) is 40.9 Å². The van der Waals surface area contributed by atoms with E-state index in [1.54, 1.807) is 0 Å². The number of hydrogen-bond donors (Lipinski definition) is 0. The minimum absolute atomic E-state index is 0.246. The molecular weight excluding hydrogens is 386 g/mol.